The molecule has 1 atom stereocenters. The summed E-state index contributed by atoms with van der Waals surface area (Å²) in [6, 6.07) is 2.23. The second-order valence-corrected chi connectivity index (χ2v) is 7.44. The number of rotatable bonds is 2. The van der Waals surface area contributed by atoms with Crippen molar-refractivity contribution in [3.05, 3.63) is 40.2 Å². The summed E-state index contributed by atoms with van der Waals surface area (Å²) in [4.78, 5) is 37.0. The Hall–Kier alpha value is -2.79. The molecule has 0 aromatic carbocycles. The molecule has 26 heavy (non-hydrogen) atoms. The Labute approximate surface area is 154 Å². The molecule has 7 nitrogen and oxygen atoms in total. The van der Waals surface area contributed by atoms with Crippen molar-refractivity contribution in [2.75, 3.05) is 18.0 Å². The molecule has 0 N–H and O–H groups in total. The molecule has 2 aromatic heterocycles. The Balaban J connectivity index is 1.50. The van der Waals surface area contributed by atoms with Gasteiger partial charge in [0.05, 0.1) is 17.2 Å². The van der Waals surface area contributed by atoms with E-state index in [2.05, 4.69) is 16.0 Å². The van der Waals surface area contributed by atoms with Crippen molar-refractivity contribution in [2.45, 2.75) is 26.3 Å². The van der Waals surface area contributed by atoms with E-state index in [0.717, 1.165) is 16.8 Å². The number of nitrogens with zero attached hydrogens (tertiary/aromatic N) is 5. The maximum atomic E-state index is 12.9. The van der Waals surface area contributed by atoms with Crippen molar-refractivity contribution < 1.29 is 9.59 Å². The van der Waals surface area contributed by atoms with Gasteiger partial charge in [-0.15, -0.1) is 11.3 Å². The van der Waals surface area contributed by atoms with Gasteiger partial charge in [0.25, 0.3) is 0 Å². The third-order valence-electron chi connectivity index (χ3n) is 5.01. The molecule has 1 unspecified atom stereocenters. The predicted octanol–water partition coefficient (Wildman–Crippen LogP) is 1.66. The largest absolute Gasteiger partial charge is 0.338 e. The Morgan fingerprint density at radius 1 is 1.42 bits per heavy atom. The number of aromatic nitrogens is 2. The number of nitriles is 1. The summed E-state index contributed by atoms with van der Waals surface area (Å²) in [6.07, 6.45) is 4.28. The van der Waals surface area contributed by atoms with Gasteiger partial charge in [-0.2, -0.15) is 5.26 Å². The van der Waals surface area contributed by atoms with E-state index in [9.17, 15) is 14.9 Å². The molecule has 4 heterocycles. The van der Waals surface area contributed by atoms with Gasteiger partial charge in [-0.3, -0.25) is 19.5 Å². The number of carbonyl (C=O) groups excluding carboxylic acids is 2. The fourth-order valence-corrected chi connectivity index (χ4v) is 4.32. The van der Waals surface area contributed by atoms with Gasteiger partial charge in [-0.1, -0.05) is 0 Å². The highest BCUT2D eigenvalue weighted by Crippen LogP contribution is 2.30. The molecule has 2 aliphatic heterocycles. The van der Waals surface area contributed by atoms with Gasteiger partial charge in [0.2, 0.25) is 11.8 Å². The maximum absolute atomic E-state index is 12.9. The van der Waals surface area contributed by atoms with E-state index in [0.29, 0.717) is 36.8 Å². The van der Waals surface area contributed by atoms with Crippen LogP contribution in [0.5, 0.6) is 0 Å². The van der Waals surface area contributed by atoms with E-state index in [4.69, 9.17) is 0 Å². The summed E-state index contributed by atoms with van der Waals surface area (Å²) in [7, 11) is 0. The summed E-state index contributed by atoms with van der Waals surface area (Å²) in [5.41, 5.74) is 3.27. The first-order valence-corrected chi connectivity index (χ1v) is 9.32. The van der Waals surface area contributed by atoms with E-state index < -0.39 is 0 Å². The summed E-state index contributed by atoms with van der Waals surface area (Å²) < 4.78 is 0. The number of hydrogen-bond donors (Lipinski definition) is 0. The molecule has 0 spiro atoms. The first-order valence-electron chi connectivity index (χ1n) is 8.44. The van der Waals surface area contributed by atoms with Crippen molar-refractivity contribution in [1.82, 2.24) is 14.9 Å². The van der Waals surface area contributed by atoms with Crippen molar-refractivity contribution >= 4 is 28.3 Å². The standard InChI is InChI=1S/C18H17N5O2S/c1-11-15(7-19)14-2-4-22(9-13(14)8-21-11)17(25)12-6-16(24)23(10-12)18-20-3-5-26-18/h3,5,8,12H,2,4,6,9-10H2,1H3. The van der Waals surface area contributed by atoms with Crippen molar-refractivity contribution in [3.63, 3.8) is 0 Å². The lowest BCUT2D eigenvalue weighted by molar-refractivity contribution is -0.136. The number of carbonyl (C=O) groups is 2. The van der Waals surface area contributed by atoms with Gasteiger partial charge in [0.15, 0.2) is 5.13 Å². The summed E-state index contributed by atoms with van der Waals surface area (Å²) in [6.45, 7) is 3.21. The summed E-state index contributed by atoms with van der Waals surface area (Å²) in [5, 5.41) is 11.8. The van der Waals surface area contributed by atoms with Crippen LogP contribution in [0.4, 0.5) is 5.13 Å². The van der Waals surface area contributed by atoms with Gasteiger partial charge >= 0.3 is 0 Å². The smallest absolute Gasteiger partial charge is 0.229 e. The average molecular weight is 367 g/mol. The lowest BCUT2D eigenvalue weighted by atomic mass is 9.94. The van der Waals surface area contributed by atoms with Crippen LogP contribution in [-0.4, -0.2) is 39.8 Å². The topological polar surface area (TPSA) is 90.2 Å². The van der Waals surface area contributed by atoms with E-state index in [1.165, 1.54) is 11.3 Å². The first-order chi connectivity index (χ1) is 12.6. The van der Waals surface area contributed by atoms with Crippen LogP contribution in [0, 0.1) is 24.2 Å². The highest BCUT2D eigenvalue weighted by Gasteiger charge is 2.39. The van der Waals surface area contributed by atoms with Gasteiger partial charge in [-0.25, -0.2) is 4.98 Å². The van der Waals surface area contributed by atoms with E-state index in [1.54, 1.807) is 22.2 Å². The zero-order chi connectivity index (χ0) is 18.3. The fourth-order valence-electron chi connectivity index (χ4n) is 3.65. The maximum Gasteiger partial charge on any atom is 0.229 e. The number of fused-ring (bicyclic) bond motifs is 1. The summed E-state index contributed by atoms with van der Waals surface area (Å²) in [5.74, 6) is -0.413. The monoisotopic (exact) mass is 367 g/mol. The minimum Gasteiger partial charge on any atom is -0.338 e. The number of pyridine rings is 1. The number of hydrogen-bond acceptors (Lipinski definition) is 6. The molecule has 0 aliphatic carbocycles. The molecule has 4 rings (SSSR count). The van der Waals surface area contributed by atoms with E-state index in [-0.39, 0.29) is 24.2 Å². The first kappa shape index (κ1) is 16.7. The Morgan fingerprint density at radius 3 is 3.00 bits per heavy atom. The van der Waals surface area contributed by atoms with Gasteiger partial charge in [0, 0.05) is 43.8 Å². The molecule has 2 amide bonds. The van der Waals surface area contributed by atoms with Crippen LogP contribution in [-0.2, 0) is 22.6 Å². The molecule has 0 radical (unpaired) electrons. The lowest BCUT2D eigenvalue weighted by Crippen LogP contribution is -2.41. The number of aryl methyl sites for hydroxylation is 1. The molecule has 132 valence electrons. The predicted molar refractivity (Wildman–Crippen MR) is 95.4 cm³/mol. The van der Waals surface area contributed by atoms with Crippen LogP contribution < -0.4 is 4.90 Å². The second kappa shape index (κ2) is 6.50. The molecular formula is C18H17N5O2S. The normalized spacial score (nSPS) is 19.4. The zero-order valence-electron chi connectivity index (χ0n) is 14.3. The minimum absolute atomic E-state index is 0.0119. The van der Waals surface area contributed by atoms with Crippen LogP contribution in [0.2, 0.25) is 0 Å². The van der Waals surface area contributed by atoms with Crippen molar-refractivity contribution in [1.29, 1.82) is 5.26 Å². The second-order valence-electron chi connectivity index (χ2n) is 6.56. The van der Waals surface area contributed by atoms with Gasteiger partial charge in [-0.05, 0) is 24.5 Å². The minimum atomic E-state index is -0.346. The molecular weight excluding hydrogens is 350 g/mol. The van der Waals surface area contributed by atoms with Gasteiger partial charge < -0.3 is 4.90 Å². The van der Waals surface area contributed by atoms with Crippen LogP contribution in [0.3, 0.4) is 0 Å². The molecule has 2 aliphatic rings. The van der Waals surface area contributed by atoms with Crippen molar-refractivity contribution in [2.24, 2.45) is 5.92 Å². The summed E-state index contributed by atoms with van der Waals surface area (Å²) >= 11 is 1.40. The Morgan fingerprint density at radius 2 is 2.27 bits per heavy atom. The number of anilines is 1. The van der Waals surface area contributed by atoms with Crippen LogP contribution in [0.15, 0.2) is 17.8 Å². The molecule has 0 bridgehead atoms. The molecule has 1 saturated heterocycles. The van der Waals surface area contributed by atoms with Crippen LogP contribution in [0.1, 0.15) is 28.8 Å². The molecule has 1 fully saturated rings. The Kier molecular flexibility index (Phi) is 4.17. The van der Waals surface area contributed by atoms with E-state index in [1.807, 2.05) is 12.3 Å². The molecule has 2 aromatic rings. The Bertz CT molecular complexity index is 918. The highest BCUT2D eigenvalue weighted by molar-refractivity contribution is 7.13. The average Bonchev–Trinajstić information content (AvgIpc) is 3.30. The third-order valence-corrected chi connectivity index (χ3v) is 5.80. The highest BCUT2D eigenvalue weighted by atomic mass is 32.1. The zero-order valence-corrected chi connectivity index (χ0v) is 15.1. The number of thiazole rings is 1. The van der Waals surface area contributed by atoms with Crippen LogP contribution >= 0.6 is 11.3 Å². The SMILES string of the molecule is Cc1ncc2c(c1C#N)CCN(C(=O)C1CC(=O)N(c3nccs3)C1)C2. The quantitative estimate of drug-likeness (QED) is 0.805. The lowest BCUT2D eigenvalue weighted by Gasteiger charge is -2.31. The number of amides is 2. The molecule has 8 heteroatoms. The third kappa shape index (κ3) is 2.74. The molecule has 0 saturated carbocycles. The van der Waals surface area contributed by atoms with Crippen LogP contribution in [0.25, 0.3) is 0 Å². The van der Waals surface area contributed by atoms with Crippen molar-refractivity contribution in [3.8, 4) is 6.07 Å². The van der Waals surface area contributed by atoms with Gasteiger partial charge in [0.1, 0.15) is 6.07 Å². The fraction of sp³-hybridized carbons (Fsp3) is 0.389. The van der Waals surface area contributed by atoms with E-state index >= 15 is 0 Å².